The third-order valence-electron chi connectivity index (χ3n) is 7.13. The van der Waals surface area contributed by atoms with E-state index in [1.165, 1.54) is 33.6 Å². The van der Waals surface area contributed by atoms with Gasteiger partial charge >= 0.3 is 11.9 Å². The quantitative estimate of drug-likeness (QED) is 0.116. The van der Waals surface area contributed by atoms with E-state index in [2.05, 4.69) is 41.7 Å². The van der Waals surface area contributed by atoms with Crippen molar-refractivity contribution in [2.24, 2.45) is 0 Å². The lowest BCUT2D eigenvalue weighted by atomic mass is 9.99. The Hall–Kier alpha value is -6.40. The number of aromatic carboxylic acids is 2. The minimum atomic E-state index is -1.26. The first kappa shape index (κ1) is 34.5. The maximum absolute atomic E-state index is 12.8. The average molecular weight is 723 g/mol. The topological polar surface area (TPSA) is 220 Å². The van der Waals surface area contributed by atoms with E-state index in [1.54, 1.807) is 12.1 Å². The highest BCUT2D eigenvalue weighted by Crippen LogP contribution is 2.25. The summed E-state index contributed by atoms with van der Waals surface area (Å²) in [4.78, 5) is 49.9. The molecule has 0 aliphatic rings. The Bertz CT molecular complexity index is 2060. The van der Waals surface area contributed by atoms with Crippen LogP contribution in [0.5, 0.6) is 0 Å². The standard InChI is InChI=1S/C33H26N10O6S2/c44-28(18-50-32-36-38-40-42(32)22-7-3-1-4-8-22)34-26-13-11-20(16-24(26)30(46)47)15-21-12-14-27(25(17-21)31(48)49)35-29(45)19-51-33-37-39-41-43(33)23-9-5-2-6-10-23/h1-14,16-17H,15,18-19H2,(H,34,44)(H,35,45)(H,46,47)(H,48,49). The number of anilines is 2. The highest BCUT2D eigenvalue weighted by atomic mass is 32.2. The van der Waals surface area contributed by atoms with Gasteiger partial charge in [-0.2, -0.15) is 9.36 Å². The Morgan fingerprint density at radius 1 is 0.588 bits per heavy atom. The molecule has 0 aliphatic carbocycles. The van der Waals surface area contributed by atoms with E-state index in [-0.39, 0.29) is 40.4 Å². The molecule has 2 heterocycles. The molecule has 51 heavy (non-hydrogen) atoms. The van der Waals surface area contributed by atoms with Crippen LogP contribution < -0.4 is 10.6 Å². The summed E-state index contributed by atoms with van der Waals surface area (Å²) >= 11 is 2.18. The lowest BCUT2D eigenvalue weighted by Crippen LogP contribution is -2.17. The molecule has 0 radical (unpaired) electrons. The van der Waals surface area contributed by atoms with Crippen LogP contribution in [-0.2, 0) is 16.0 Å². The van der Waals surface area contributed by atoms with Gasteiger partial charge in [0, 0.05) is 0 Å². The zero-order valence-electron chi connectivity index (χ0n) is 26.3. The van der Waals surface area contributed by atoms with Crippen molar-refractivity contribution in [2.45, 2.75) is 16.7 Å². The maximum atomic E-state index is 12.8. The number of nitrogens with one attached hydrogen (secondary N) is 2. The molecule has 0 unspecified atom stereocenters. The van der Waals surface area contributed by atoms with E-state index in [0.29, 0.717) is 21.4 Å². The Morgan fingerprint density at radius 2 is 1.00 bits per heavy atom. The van der Waals surface area contributed by atoms with Crippen molar-refractivity contribution >= 4 is 58.7 Å². The van der Waals surface area contributed by atoms with E-state index < -0.39 is 23.8 Å². The van der Waals surface area contributed by atoms with Crippen LogP contribution in [0.2, 0.25) is 0 Å². The van der Waals surface area contributed by atoms with Gasteiger partial charge < -0.3 is 20.8 Å². The van der Waals surface area contributed by atoms with Gasteiger partial charge in [-0.15, -0.1) is 10.2 Å². The first-order valence-corrected chi connectivity index (χ1v) is 17.0. The van der Waals surface area contributed by atoms with E-state index in [4.69, 9.17) is 0 Å². The average Bonchev–Trinajstić information content (AvgIpc) is 3.82. The highest BCUT2D eigenvalue weighted by molar-refractivity contribution is 8.00. The molecule has 16 nitrogen and oxygen atoms in total. The summed E-state index contributed by atoms with van der Waals surface area (Å²) in [6.07, 6.45) is 0.180. The number of carbonyl (C=O) groups is 4. The van der Waals surface area contributed by atoms with Gasteiger partial charge in [0.15, 0.2) is 0 Å². The third-order valence-corrected chi connectivity index (χ3v) is 8.97. The minimum absolute atomic E-state index is 0.0833. The molecule has 2 amide bonds. The molecule has 0 spiro atoms. The van der Waals surface area contributed by atoms with Crippen LogP contribution in [0.4, 0.5) is 11.4 Å². The summed E-state index contributed by atoms with van der Waals surface area (Å²) in [5.74, 6) is -3.61. The molecule has 6 aromatic rings. The molecule has 0 bridgehead atoms. The molecule has 0 aliphatic heterocycles. The molecule has 6 rings (SSSR count). The van der Waals surface area contributed by atoms with Gasteiger partial charge in [-0.1, -0.05) is 72.1 Å². The molecule has 4 N–H and O–H groups in total. The molecule has 0 saturated carbocycles. The fraction of sp³-hybridized carbons (Fsp3) is 0.0909. The summed E-state index contributed by atoms with van der Waals surface area (Å²) in [6, 6.07) is 27.4. The molecule has 4 aromatic carbocycles. The second kappa shape index (κ2) is 15.9. The fourth-order valence-corrected chi connectivity index (χ4v) is 6.23. The van der Waals surface area contributed by atoms with E-state index in [9.17, 15) is 29.4 Å². The number of carboxylic acids is 2. The van der Waals surface area contributed by atoms with Gasteiger partial charge in [-0.25, -0.2) is 9.59 Å². The van der Waals surface area contributed by atoms with Crippen molar-refractivity contribution in [3.8, 4) is 11.4 Å². The molecule has 0 fully saturated rings. The van der Waals surface area contributed by atoms with Crippen molar-refractivity contribution in [3.05, 3.63) is 119 Å². The lowest BCUT2D eigenvalue weighted by Gasteiger charge is -2.13. The lowest BCUT2D eigenvalue weighted by molar-refractivity contribution is -0.114. The van der Waals surface area contributed by atoms with E-state index in [1.807, 2.05) is 60.7 Å². The Kier molecular flexibility index (Phi) is 10.7. The maximum Gasteiger partial charge on any atom is 0.337 e. The predicted octanol–water partition coefficient (Wildman–Crippen LogP) is 4.09. The first-order chi connectivity index (χ1) is 24.7. The monoisotopic (exact) mass is 722 g/mol. The Labute approximate surface area is 297 Å². The second-order valence-electron chi connectivity index (χ2n) is 10.6. The van der Waals surface area contributed by atoms with Gasteiger partial charge in [0.1, 0.15) is 0 Å². The smallest absolute Gasteiger partial charge is 0.337 e. The molecule has 0 atom stereocenters. The molecular weight excluding hydrogens is 697 g/mol. The molecule has 2 aromatic heterocycles. The Balaban J connectivity index is 1.08. The van der Waals surface area contributed by atoms with Crippen LogP contribution in [0.1, 0.15) is 31.8 Å². The number of nitrogens with zero attached hydrogens (tertiary/aromatic N) is 8. The van der Waals surface area contributed by atoms with Gasteiger partial charge in [0.2, 0.25) is 22.1 Å². The second-order valence-corrected chi connectivity index (χ2v) is 12.5. The fourth-order valence-electron chi connectivity index (χ4n) is 4.84. The van der Waals surface area contributed by atoms with Gasteiger partial charge in [-0.05, 0) is 86.9 Å². The number of carbonyl (C=O) groups excluding carboxylic acids is 2. The van der Waals surface area contributed by atoms with Crippen molar-refractivity contribution in [1.29, 1.82) is 0 Å². The van der Waals surface area contributed by atoms with E-state index in [0.717, 1.165) is 34.9 Å². The number of hydrogen-bond donors (Lipinski definition) is 4. The highest BCUT2D eigenvalue weighted by Gasteiger charge is 2.19. The van der Waals surface area contributed by atoms with E-state index >= 15 is 0 Å². The number of benzene rings is 4. The van der Waals surface area contributed by atoms with Crippen LogP contribution in [0, 0.1) is 0 Å². The number of amides is 2. The molecule has 256 valence electrons. The van der Waals surface area contributed by atoms with Crippen molar-refractivity contribution < 1.29 is 29.4 Å². The largest absolute Gasteiger partial charge is 0.478 e. The number of tetrazole rings is 2. The zero-order valence-corrected chi connectivity index (χ0v) is 27.9. The SMILES string of the molecule is O=C(CSc1nnnn1-c1ccccc1)Nc1ccc(Cc2ccc(NC(=O)CSc3nnnn3-c3ccccc3)c(C(=O)O)c2)cc1C(=O)O. The number of para-hydroxylation sites is 2. The van der Waals surface area contributed by atoms with Gasteiger partial charge in [0.25, 0.3) is 0 Å². The number of aromatic nitrogens is 8. The third kappa shape index (κ3) is 8.61. The number of thioether (sulfide) groups is 2. The molecular formula is C33H26N10O6S2. The van der Waals surface area contributed by atoms with Crippen LogP contribution in [0.25, 0.3) is 11.4 Å². The normalized spacial score (nSPS) is 10.8. The number of rotatable bonds is 14. The Morgan fingerprint density at radius 3 is 1.39 bits per heavy atom. The summed E-state index contributed by atoms with van der Waals surface area (Å²) < 4.78 is 2.98. The minimum Gasteiger partial charge on any atom is -0.478 e. The van der Waals surface area contributed by atoms with Gasteiger partial charge in [0.05, 0.1) is 45.4 Å². The van der Waals surface area contributed by atoms with Gasteiger partial charge in [-0.3, -0.25) is 9.59 Å². The summed E-state index contributed by atoms with van der Waals surface area (Å²) in [6.45, 7) is 0. The van der Waals surface area contributed by atoms with Crippen molar-refractivity contribution in [2.75, 3.05) is 22.1 Å². The van der Waals surface area contributed by atoms with Crippen LogP contribution >= 0.6 is 23.5 Å². The summed E-state index contributed by atoms with van der Waals surface area (Å²) in [5.41, 5.74) is 2.47. The molecule has 18 heteroatoms. The summed E-state index contributed by atoms with van der Waals surface area (Å²) in [7, 11) is 0. The molecule has 0 saturated heterocycles. The van der Waals surface area contributed by atoms with Crippen LogP contribution in [0.15, 0.2) is 107 Å². The summed E-state index contributed by atoms with van der Waals surface area (Å²) in [5, 5.41) is 49.0. The first-order valence-electron chi connectivity index (χ1n) is 15.0. The van der Waals surface area contributed by atoms with Crippen molar-refractivity contribution in [3.63, 3.8) is 0 Å². The van der Waals surface area contributed by atoms with Crippen LogP contribution in [0.3, 0.4) is 0 Å². The number of hydrogen-bond acceptors (Lipinski definition) is 12. The van der Waals surface area contributed by atoms with Crippen LogP contribution in [-0.4, -0.2) is 85.9 Å². The van der Waals surface area contributed by atoms with Crippen molar-refractivity contribution in [1.82, 2.24) is 40.4 Å². The predicted molar refractivity (Wildman–Crippen MR) is 187 cm³/mol. The zero-order chi connectivity index (χ0) is 35.7. The number of carboxylic acid groups (broad SMARTS) is 2.